The van der Waals surface area contributed by atoms with Crippen LogP contribution in [0.2, 0.25) is 0 Å². The van der Waals surface area contributed by atoms with Crippen LogP contribution in [0.3, 0.4) is 0 Å². The van der Waals surface area contributed by atoms with Crippen LogP contribution in [0.4, 0.5) is 0 Å². The average molecular weight is 488 g/mol. The van der Waals surface area contributed by atoms with Crippen molar-refractivity contribution in [3.63, 3.8) is 0 Å². The minimum Gasteiger partial charge on any atom is -0.357 e. The first-order chi connectivity index (χ1) is 12.2. The Bertz CT molecular complexity index is 562. The van der Waals surface area contributed by atoms with Crippen LogP contribution in [0.1, 0.15) is 32.6 Å². The van der Waals surface area contributed by atoms with E-state index in [-0.39, 0.29) is 24.0 Å². The first-order valence-electron chi connectivity index (χ1n) is 9.64. The van der Waals surface area contributed by atoms with E-state index in [0.717, 1.165) is 31.5 Å². The summed E-state index contributed by atoms with van der Waals surface area (Å²) in [6, 6.07) is 10.7. The molecule has 1 saturated heterocycles. The van der Waals surface area contributed by atoms with Gasteiger partial charge in [0, 0.05) is 29.3 Å². The number of hydrogen-bond acceptors (Lipinski definition) is 3. The highest BCUT2D eigenvalue weighted by molar-refractivity contribution is 14.0. The summed E-state index contributed by atoms with van der Waals surface area (Å²) in [5.74, 6) is 1.71. The van der Waals surface area contributed by atoms with Crippen molar-refractivity contribution < 1.29 is 0 Å². The summed E-state index contributed by atoms with van der Waals surface area (Å²) in [7, 11) is 2.23. The SMILES string of the molecule is CCNC(=NCC1(Sc2ccccc2)CC1)NCC1CCCN(C)C1.I. The van der Waals surface area contributed by atoms with E-state index in [0.29, 0.717) is 4.75 Å². The standard InChI is InChI=1S/C20H32N4S.HI/c1-3-21-19(22-14-17-8-7-13-24(2)15-17)23-16-20(11-12-20)25-18-9-5-4-6-10-18;/h4-6,9-10,17H,3,7-8,11-16H2,1-2H3,(H2,21,22,23);1H. The maximum Gasteiger partial charge on any atom is 0.191 e. The number of nitrogens with zero attached hydrogens (tertiary/aromatic N) is 2. The number of likely N-dealkylation sites (tertiary alicyclic amines) is 1. The average Bonchev–Trinajstić information content (AvgIpc) is 3.38. The van der Waals surface area contributed by atoms with Gasteiger partial charge in [-0.15, -0.1) is 35.7 Å². The summed E-state index contributed by atoms with van der Waals surface area (Å²) in [5.41, 5.74) is 0. The Morgan fingerprint density at radius 3 is 2.69 bits per heavy atom. The fourth-order valence-electron chi connectivity index (χ4n) is 3.42. The van der Waals surface area contributed by atoms with E-state index in [2.05, 4.69) is 59.8 Å². The number of hydrogen-bond donors (Lipinski definition) is 2. The Morgan fingerprint density at radius 2 is 2.04 bits per heavy atom. The van der Waals surface area contributed by atoms with Crippen LogP contribution in [0, 0.1) is 5.92 Å². The fourth-order valence-corrected chi connectivity index (χ4v) is 4.64. The maximum absolute atomic E-state index is 4.91. The summed E-state index contributed by atoms with van der Waals surface area (Å²) in [4.78, 5) is 8.71. The lowest BCUT2D eigenvalue weighted by atomic mass is 9.99. The van der Waals surface area contributed by atoms with Gasteiger partial charge in [-0.2, -0.15) is 0 Å². The number of nitrogens with one attached hydrogen (secondary N) is 2. The van der Waals surface area contributed by atoms with Crippen LogP contribution in [0.5, 0.6) is 0 Å². The van der Waals surface area contributed by atoms with Crippen molar-refractivity contribution in [2.45, 2.75) is 42.2 Å². The first kappa shape index (κ1) is 21.8. The molecule has 1 atom stereocenters. The second kappa shape index (κ2) is 10.8. The molecule has 1 aromatic carbocycles. The van der Waals surface area contributed by atoms with E-state index < -0.39 is 0 Å². The zero-order valence-corrected chi connectivity index (χ0v) is 19.2. The van der Waals surface area contributed by atoms with Gasteiger partial charge in [0.15, 0.2) is 5.96 Å². The summed E-state index contributed by atoms with van der Waals surface area (Å²) in [6.07, 6.45) is 5.17. The number of benzene rings is 1. The van der Waals surface area contributed by atoms with Crippen molar-refractivity contribution in [3.05, 3.63) is 30.3 Å². The van der Waals surface area contributed by atoms with Gasteiger partial charge in [0.25, 0.3) is 0 Å². The molecule has 0 aromatic heterocycles. The molecule has 26 heavy (non-hydrogen) atoms. The van der Waals surface area contributed by atoms with Gasteiger partial charge in [0.05, 0.1) is 6.54 Å². The third kappa shape index (κ3) is 6.93. The van der Waals surface area contributed by atoms with Crippen LogP contribution in [0.15, 0.2) is 40.2 Å². The van der Waals surface area contributed by atoms with Gasteiger partial charge < -0.3 is 15.5 Å². The quantitative estimate of drug-likeness (QED) is 0.348. The molecule has 3 rings (SSSR count). The van der Waals surface area contributed by atoms with E-state index in [9.17, 15) is 0 Å². The van der Waals surface area contributed by atoms with Crippen molar-refractivity contribution in [1.82, 2.24) is 15.5 Å². The highest BCUT2D eigenvalue weighted by Crippen LogP contribution is 2.51. The predicted molar refractivity (Wildman–Crippen MR) is 124 cm³/mol. The molecular formula is C20H33IN4S. The predicted octanol–water partition coefficient (Wildman–Crippen LogP) is 3.83. The lowest BCUT2D eigenvalue weighted by molar-refractivity contribution is 0.210. The van der Waals surface area contributed by atoms with Gasteiger partial charge >= 0.3 is 0 Å². The van der Waals surface area contributed by atoms with Crippen LogP contribution in [-0.2, 0) is 0 Å². The van der Waals surface area contributed by atoms with Gasteiger partial charge in [0.1, 0.15) is 0 Å². The lowest BCUT2D eigenvalue weighted by Gasteiger charge is -2.30. The number of guanidine groups is 1. The second-order valence-corrected chi connectivity index (χ2v) is 8.99. The van der Waals surface area contributed by atoms with Gasteiger partial charge in [-0.25, -0.2) is 0 Å². The highest BCUT2D eigenvalue weighted by atomic mass is 127. The highest BCUT2D eigenvalue weighted by Gasteiger charge is 2.43. The van der Waals surface area contributed by atoms with Crippen molar-refractivity contribution in [3.8, 4) is 0 Å². The van der Waals surface area contributed by atoms with Gasteiger partial charge in [-0.1, -0.05) is 18.2 Å². The second-order valence-electron chi connectivity index (χ2n) is 7.44. The Balaban J connectivity index is 0.00000243. The molecule has 146 valence electrons. The molecule has 2 fully saturated rings. The van der Waals surface area contributed by atoms with E-state index in [1.54, 1.807) is 0 Å². The number of rotatable bonds is 7. The lowest BCUT2D eigenvalue weighted by Crippen LogP contribution is -2.43. The minimum absolute atomic E-state index is 0. The monoisotopic (exact) mass is 488 g/mol. The number of aliphatic imine (C=N–C) groups is 1. The molecule has 2 N–H and O–H groups in total. The first-order valence-corrected chi connectivity index (χ1v) is 10.5. The zero-order chi connectivity index (χ0) is 17.5. The summed E-state index contributed by atoms with van der Waals surface area (Å²) in [6.45, 7) is 7.40. The van der Waals surface area contributed by atoms with Crippen LogP contribution in [0.25, 0.3) is 0 Å². The minimum atomic E-state index is 0. The largest absolute Gasteiger partial charge is 0.357 e. The molecular weight excluding hydrogens is 455 g/mol. The number of halogens is 1. The Kier molecular flexibility index (Phi) is 9.03. The molecule has 1 unspecified atom stereocenters. The van der Waals surface area contributed by atoms with Gasteiger partial charge in [-0.05, 0) is 64.3 Å². The molecule has 1 heterocycles. The van der Waals surface area contributed by atoms with Crippen LogP contribution in [-0.4, -0.2) is 55.4 Å². The van der Waals surface area contributed by atoms with E-state index in [1.165, 1.54) is 43.7 Å². The molecule has 0 bridgehead atoms. The fraction of sp³-hybridized carbons (Fsp3) is 0.650. The van der Waals surface area contributed by atoms with Crippen molar-refractivity contribution in [1.29, 1.82) is 0 Å². The summed E-state index contributed by atoms with van der Waals surface area (Å²) < 4.78 is 0.314. The van der Waals surface area contributed by atoms with E-state index in [4.69, 9.17) is 4.99 Å². The number of thioether (sulfide) groups is 1. The Morgan fingerprint density at radius 1 is 1.27 bits per heavy atom. The van der Waals surface area contributed by atoms with Crippen LogP contribution < -0.4 is 10.6 Å². The molecule has 0 spiro atoms. The molecule has 1 saturated carbocycles. The van der Waals surface area contributed by atoms with Crippen LogP contribution >= 0.6 is 35.7 Å². The Hall–Kier alpha value is -0.470. The third-order valence-electron chi connectivity index (χ3n) is 5.04. The zero-order valence-electron chi connectivity index (χ0n) is 16.0. The smallest absolute Gasteiger partial charge is 0.191 e. The molecule has 1 aliphatic carbocycles. The molecule has 1 aromatic rings. The molecule has 1 aliphatic heterocycles. The molecule has 2 aliphatic rings. The van der Waals surface area contributed by atoms with E-state index >= 15 is 0 Å². The third-order valence-corrected chi connectivity index (χ3v) is 6.51. The molecule has 0 radical (unpaired) electrons. The molecule has 4 nitrogen and oxygen atoms in total. The normalized spacial score (nSPS) is 22.4. The maximum atomic E-state index is 4.91. The summed E-state index contributed by atoms with van der Waals surface area (Å²) in [5, 5.41) is 6.99. The van der Waals surface area contributed by atoms with E-state index in [1.807, 2.05) is 11.8 Å². The summed E-state index contributed by atoms with van der Waals surface area (Å²) >= 11 is 1.99. The van der Waals surface area contributed by atoms with Crippen molar-refractivity contribution >= 4 is 41.7 Å². The van der Waals surface area contributed by atoms with Gasteiger partial charge in [-0.3, -0.25) is 4.99 Å². The topological polar surface area (TPSA) is 39.7 Å². The number of piperidine rings is 1. The van der Waals surface area contributed by atoms with Gasteiger partial charge in [0.2, 0.25) is 0 Å². The molecule has 0 amide bonds. The van der Waals surface area contributed by atoms with Crippen molar-refractivity contribution in [2.75, 3.05) is 39.8 Å². The molecule has 6 heteroatoms. The van der Waals surface area contributed by atoms with Crippen molar-refractivity contribution in [2.24, 2.45) is 10.9 Å². The Labute approximate surface area is 180 Å².